The van der Waals surface area contributed by atoms with Crippen molar-refractivity contribution in [2.24, 2.45) is 17.8 Å². The zero-order chi connectivity index (χ0) is 15.0. The van der Waals surface area contributed by atoms with Crippen molar-refractivity contribution in [2.75, 3.05) is 5.32 Å². The minimum Gasteiger partial charge on any atom is -0.506 e. The molecule has 0 spiro atoms. The molecule has 112 valence electrons. The second-order valence-electron chi connectivity index (χ2n) is 6.15. The average molecular weight is 290 g/mol. The molecule has 2 fully saturated rings. The van der Waals surface area contributed by atoms with Crippen LogP contribution in [0.25, 0.3) is 0 Å². The Kier molecular flexibility index (Phi) is 3.53. The van der Waals surface area contributed by atoms with Gasteiger partial charge in [-0.3, -0.25) is 14.9 Å². The second kappa shape index (κ2) is 5.35. The number of nitrogens with zero attached hydrogens (tertiary/aromatic N) is 1. The molecular weight excluding hydrogens is 272 g/mol. The summed E-state index contributed by atoms with van der Waals surface area (Å²) in [5.41, 5.74) is -0.0413. The van der Waals surface area contributed by atoms with E-state index in [9.17, 15) is 20.0 Å². The summed E-state index contributed by atoms with van der Waals surface area (Å²) in [6.45, 7) is 0. The lowest BCUT2D eigenvalue weighted by Gasteiger charge is -2.21. The SMILES string of the molecule is O=C(CC1CC2CCC1C2)Nc1cc([N+](=O)[O-])ccc1O. The molecule has 0 saturated heterocycles. The van der Waals surface area contributed by atoms with Crippen LogP contribution in [0.2, 0.25) is 0 Å². The first-order chi connectivity index (χ1) is 10.0. The van der Waals surface area contributed by atoms with Crippen LogP contribution >= 0.6 is 0 Å². The number of amides is 1. The van der Waals surface area contributed by atoms with Crippen LogP contribution in [0, 0.1) is 27.9 Å². The van der Waals surface area contributed by atoms with Gasteiger partial charge in [0, 0.05) is 18.6 Å². The lowest BCUT2D eigenvalue weighted by atomic mass is 9.86. The van der Waals surface area contributed by atoms with Crippen LogP contribution in [0.4, 0.5) is 11.4 Å². The third kappa shape index (κ3) is 2.84. The Bertz CT molecular complexity index is 587. The first-order valence-corrected chi connectivity index (χ1v) is 7.30. The summed E-state index contributed by atoms with van der Waals surface area (Å²) in [7, 11) is 0. The van der Waals surface area contributed by atoms with E-state index >= 15 is 0 Å². The van der Waals surface area contributed by atoms with Crippen molar-refractivity contribution in [1.29, 1.82) is 0 Å². The summed E-state index contributed by atoms with van der Waals surface area (Å²) in [6, 6.07) is 3.63. The fourth-order valence-corrected chi connectivity index (χ4v) is 3.80. The number of fused-ring (bicyclic) bond motifs is 2. The number of nitrogens with one attached hydrogen (secondary N) is 1. The smallest absolute Gasteiger partial charge is 0.271 e. The van der Waals surface area contributed by atoms with E-state index in [-0.39, 0.29) is 23.0 Å². The highest BCUT2D eigenvalue weighted by Gasteiger charge is 2.40. The number of carbonyl (C=O) groups is 1. The first-order valence-electron chi connectivity index (χ1n) is 7.30. The number of anilines is 1. The Morgan fingerprint density at radius 2 is 2.19 bits per heavy atom. The third-order valence-electron chi connectivity index (χ3n) is 4.80. The lowest BCUT2D eigenvalue weighted by Crippen LogP contribution is -2.20. The largest absolute Gasteiger partial charge is 0.506 e. The maximum Gasteiger partial charge on any atom is 0.271 e. The van der Waals surface area contributed by atoms with E-state index in [4.69, 9.17) is 0 Å². The van der Waals surface area contributed by atoms with Gasteiger partial charge >= 0.3 is 0 Å². The molecule has 2 saturated carbocycles. The summed E-state index contributed by atoms with van der Waals surface area (Å²) in [6.07, 6.45) is 5.28. The van der Waals surface area contributed by atoms with Crippen molar-refractivity contribution in [2.45, 2.75) is 32.1 Å². The number of nitro groups is 1. The molecule has 0 heterocycles. The van der Waals surface area contributed by atoms with E-state index in [1.807, 2.05) is 0 Å². The molecule has 3 rings (SSSR count). The Balaban J connectivity index is 1.64. The van der Waals surface area contributed by atoms with Gasteiger partial charge in [-0.1, -0.05) is 6.42 Å². The molecule has 2 aliphatic rings. The Labute approximate surface area is 122 Å². The van der Waals surface area contributed by atoms with Crippen molar-refractivity contribution < 1.29 is 14.8 Å². The number of non-ortho nitro benzene ring substituents is 1. The maximum atomic E-state index is 12.1. The van der Waals surface area contributed by atoms with Crippen molar-refractivity contribution in [3.8, 4) is 5.75 Å². The molecule has 3 atom stereocenters. The van der Waals surface area contributed by atoms with E-state index in [0.717, 1.165) is 12.3 Å². The molecule has 1 aromatic rings. The van der Waals surface area contributed by atoms with Crippen LogP contribution < -0.4 is 5.32 Å². The molecule has 21 heavy (non-hydrogen) atoms. The number of phenolic OH excluding ortho intramolecular Hbond substituents is 1. The first kappa shape index (κ1) is 13.9. The third-order valence-corrected chi connectivity index (χ3v) is 4.80. The topological polar surface area (TPSA) is 92.5 Å². The summed E-state index contributed by atoms with van der Waals surface area (Å²) >= 11 is 0. The van der Waals surface area contributed by atoms with E-state index in [1.54, 1.807) is 0 Å². The Morgan fingerprint density at radius 3 is 2.81 bits per heavy atom. The normalized spacial score (nSPS) is 26.8. The molecule has 6 heteroatoms. The predicted octanol–water partition coefficient (Wildman–Crippen LogP) is 3.07. The molecular formula is C15H18N2O4. The van der Waals surface area contributed by atoms with Gasteiger partial charge in [-0.25, -0.2) is 0 Å². The van der Waals surface area contributed by atoms with E-state index in [1.165, 1.54) is 37.5 Å². The molecule has 0 radical (unpaired) electrons. The van der Waals surface area contributed by atoms with Crippen molar-refractivity contribution in [1.82, 2.24) is 0 Å². The molecule has 2 aliphatic carbocycles. The molecule has 2 bridgehead atoms. The van der Waals surface area contributed by atoms with Gasteiger partial charge in [0.15, 0.2) is 0 Å². The number of carbonyl (C=O) groups excluding carboxylic acids is 1. The number of aromatic hydroxyl groups is 1. The second-order valence-corrected chi connectivity index (χ2v) is 6.15. The number of phenols is 1. The quantitative estimate of drug-likeness (QED) is 0.506. The molecule has 6 nitrogen and oxygen atoms in total. The van der Waals surface area contributed by atoms with Crippen molar-refractivity contribution in [3.05, 3.63) is 28.3 Å². The van der Waals surface area contributed by atoms with E-state index in [0.29, 0.717) is 18.3 Å². The Morgan fingerprint density at radius 1 is 1.38 bits per heavy atom. The van der Waals surface area contributed by atoms with Crippen LogP contribution in [-0.2, 0) is 4.79 Å². The molecule has 1 amide bonds. The van der Waals surface area contributed by atoms with Gasteiger partial charge in [0.25, 0.3) is 5.69 Å². The van der Waals surface area contributed by atoms with Crippen molar-refractivity contribution in [3.63, 3.8) is 0 Å². The summed E-state index contributed by atoms with van der Waals surface area (Å²) in [5, 5.41) is 23.0. The molecule has 0 aliphatic heterocycles. The zero-order valence-corrected chi connectivity index (χ0v) is 11.6. The average Bonchev–Trinajstić information content (AvgIpc) is 3.03. The summed E-state index contributed by atoms with van der Waals surface area (Å²) in [4.78, 5) is 22.3. The molecule has 2 N–H and O–H groups in total. The van der Waals surface area contributed by atoms with Gasteiger partial charge < -0.3 is 10.4 Å². The lowest BCUT2D eigenvalue weighted by molar-refractivity contribution is -0.384. The van der Waals surface area contributed by atoms with Gasteiger partial charge in [-0.05, 0) is 43.1 Å². The summed E-state index contributed by atoms with van der Waals surface area (Å²) < 4.78 is 0. The van der Waals surface area contributed by atoms with Gasteiger partial charge in [-0.15, -0.1) is 0 Å². The minimum atomic E-state index is -0.551. The van der Waals surface area contributed by atoms with E-state index < -0.39 is 4.92 Å². The van der Waals surface area contributed by atoms with Crippen LogP contribution in [0.1, 0.15) is 32.1 Å². The number of nitro benzene ring substituents is 1. The Hall–Kier alpha value is -2.11. The highest BCUT2D eigenvalue weighted by Crippen LogP contribution is 2.49. The molecule has 3 unspecified atom stereocenters. The van der Waals surface area contributed by atoms with Gasteiger partial charge in [-0.2, -0.15) is 0 Å². The predicted molar refractivity (Wildman–Crippen MR) is 76.9 cm³/mol. The van der Waals surface area contributed by atoms with Crippen LogP contribution in [-0.4, -0.2) is 15.9 Å². The number of hydrogen-bond donors (Lipinski definition) is 2. The van der Waals surface area contributed by atoms with Crippen LogP contribution in [0.15, 0.2) is 18.2 Å². The fourth-order valence-electron chi connectivity index (χ4n) is 3.80. The standard InChI is InChI=1S/C15H18N2O4/c18-14-4-3-12(17(20)21)8-13(14)16-15(19)7-11-6-9-1-2-10(11)5-9/h3-4,8-11,18H,1-2,5-7H2,(H,16,19). The number of rotatable bonds is 4. The molecule has 1 aromatic carbocycles. The maximum absolute atomic E-state index is 12.1. The van der Waals surface area contributed by atoms with Gasteiger partial charge in [0.05, 0.1) is 10.6 Å². The zero-order valence-electron chi connectivity index (χ0n) is 11.6. The minimum absolute atomic E-state index is 0.109. The van der Waals surface area contributed by atoms with Crippen molar-refractivity contribution >= 4 is 17.3 Å². The summed E-state index contributed by atoms with van der Waals surface area (Å²) in [5.74, 6) is 1.52. The number of hydrogen-bond acceptors (Lipinski definition) is 4. The van der Waals surface area contributed by atoms with Crippen LogP contribution in [0.3, 0.4) is 0 Å². The van der Waals surface area contributed by atoms with Crippen LogP contribution in [0.5, 0.6) is 5.75 Å². The molecule has 0 aromatic heterocycles. The fraction of sp³-hybridized carbons (Fsp3) is 0.533. The van der Waals surface area contributed by atoms with Gasteiger partial charge in [0.1, 0.15) is 5.75 Å². The van der Waals surface area contributed by atoms with E-state index in [2.05, 4.69) is 5.32 Å². The highest BCUT2D eigenvalue weighted by atomic mass is 16.6. The monoisotopic (exact) mass is 290 g/mol. The van der Waals surface area contributed by atoms with Gasteiger partial charge in [0.2, 0.25) is 5.91 Å². The number of benzene rings is 1. The highest BCUT2D eigenvalue weighted by molar-refractivity contribution is 5.92.